The van der Waals surface area contributed by atoms with Crippen molar-refractivity contribution in [1.29, 1.82) is 0 Å². The monoisotopic (exact) mass is 373 g/mol. The fraction of sp³-hybridized carbons (Fsp3) is 0.100. The van der Waals surface area contributed by atoms with Crippen LogP contribution in [0, 0.1) is 13.8 Å². The highest BCUT2D eigenvalue weighted by Gasteiger charge is 2.13. The Morgan fingerprint density at radius 3 is 2.81 bits per heavy atom. The summed E-state index contributed by atoms with van der Waals surface area (Å²) in [6.45, 7) is 4.07. The molecule has 0 saturated heterocycles. The number of nitrogens with zero attached hydrogens (tertiary/aromatic N) is 5. The number of hydrogen-bond donors (Lipinski definition) is 0. The molecule has 0 saturated carbocycles. The number of fused-ring (bicyclic) bond motifs is 2. The fourth-order valence-corrected chi connectivity index (χ4v) is 3.94. The van der Waals surface area contributed by atoms with Gasteiger partial charge in [-0.2, -0.15) is 0 Å². The Hall–Kier alpha value is -3.32. The van der Waals surface area contributed by atoms with Crippen molar-refractivity contribution in [3.05, 3.63) is 65.8 Å². The molecule has 5 rings (SSSR count). The molecule has 0 atom stereocenters. The molecule has 0 aliphatic heterocycles. The average Bonchev–Trinajstić information content (AvgIpc) is 3.32. The molecule has 0 spiro atoms. The smallest absolute Gasteiger partial charge is 0.238 e. The van der Waals surface area contributed by atoms with E-state index in [0.717, 1.165) is 44.1 Å². The maximum atomic E-state index is 6.05. The molecule has 132 valence electrons. The first-order valence-corrected chi connectivity index (χ1v) is 9.34. The maximum Gasteiger partial charge on any atom is 0.238 e. The van der Waals surface area contributed by atoms with Crippen LogP contribution in [0.25, 0.3) is 27.1 Å². The molecule has 0 fully saturated rings. The summed E-state index contributed by atoms with van der Waals surface area (Å²) in [5, 5.41) is 0. The van der Waals surface area contributed by atoms with E-state index in [4.69, 9.17) is 4.74 Å². The van der Waals surface area contributed by atoms with Gasteiger partial charge in [-0.25, -0.2) is 15.0 Å². The Kier molecular flexibility index (Phi) is 3.61. The number of imidazole rings is 1. The van der Waals surface area contributed by atoms with Crippen LogP contribution in [-0.2, 0) is 0 Å². The number of aryl methyl sites for hydroxylation is 2. The summed E-state index contributed by atoms with van der Waals surface area (Å²) in [5.41, 5.74) is 7.71. The zero-order chi connectivity index (χ0) is 18.4. The van der Waals surface area contributed by atoms with E-state index in [1.54, 1.807) is 24.1 Å². The molecule has 6 nitrogen and oxygen atoms in total. The number of ether oxygens (including phenoxy) is 1. The van der Waals surface area contributed by atoms with Crippen molar-refractivity contribution < 1.29 is 4.74 Å². The first-order chi connectivity index (χ1) is 13.2. The number of benzene rings is 1. The molecule has 0 aliphatic carbocycles. The highest BCUT2D eigenvalue weighted by atomic mass is 32.1. The van der Waals surface area contributed by atoms with Crippen LogP contribution in [0.15, 0.2) is 54.6 Å². The summed E-state index contributed by atoms with van der Waals surface area (Å²) in [7, 11) is 0. The zero-order valence-electron chi connectivity index (χ0n) is 14.7. The van der Waals surface area contributed by atoms with Crippen LogP contribution in [0.2, 0.25) is 0 Å². The van der Waals surface area contributed by atoms with Crippen molar-refractivity contribution in [3.63, 3.8) is 0 Å². The Morgan fingerprint density at radius 2 is 1.93 bits per heavy atom. The molecule has 0 unspecified atom stereocenters. The summed E-state index contributed by atoms with van der Waals surface area (Å²) >= 11 is 1.52. The third-order valence-corrected chi connectivity index (χ3v) is 5.34. The van der Waals surface area contributed by atoms with Crippen LogP contribution in [0.1, 0.15) is 11.3 Å². The maximum absolute atomic E-state index is 6.05. The predicted octanol–water partition coefficient (Wildman–Crippen LogP) is 4.81. The Balaban J connectivity index is 1.57. The van der Waals surface area contributed by atoms with Crippen molar-refractivity contribution in [3.8, 4) is 22.9 Å². The molecular weight excluding hydrogens is 358 g/mol. The van der Waals surface area contributed by atoms with Gasteiger partial charge in [0.1, 0.15) is 10.4 Å². The number of hydrogen-bond acceptors (Lipinski definition) is 6. The number of aromatic nitrogens is 5. The minimum atomic E-state index is 0.580. The molecular formula is C20H15N5OS. The lowest BCUT2D eigenvalue weighted by molar-refractivity contribution is 0.469. The lowest BCUT2D eigenvalue weighted by atomic mass is 10.0. The Morgan fingerprint density at radius 1 is 1.00 bits per heavy atom. The normalized spacial score (nSPS) is 11.3. The van der Waals surface area contributed by atoms with E-state index in [9.17, 15) is 0 Å². The average molecular weight is 373 g/mol. The molecule has 0 aliphatic rings. The summed E-state index contributed by atoms with van der Waals surface area (Å²) in [5.74, 6) is 1.32. The fourth-order valence-electron chi connectivity index (χ4n) is 3.23. The summed E-state index contributed by atoms with van der Waals surface area (Å²) in [6.07, 6.45) is 7.24. The largest absolute Gasteiger partial charge is 0.438 e. The van der Waals surface area contributed by atoms with Gasteiger partial charge in [-0.15, -0.1) is 11.3 Å². The minimum Gasteiger partial charge on any atom is -0.438 e. The van der Waals surface area contributed by atoms with Crippen molar-refractivity contribution in [2.75, 3.05) is 0 Å². The Labute approximate surface area is 159 Å². The van der Waals surface area contributed by atoms with Crippen LogP contribution in [0.5, 0.6) is 11.6 Å². The third-order valence-electron chi connectivity index (χ3n) is 4.51. The molecule has 7 heteroatoms. The highest BCUT2D eigenvalue weighted by Crippen LogP contribution is 2.33. The molecule has 0 N–H and O–H groups in total. The quantitative estimate of drug-likeness (QED) is 0.454. The first-order valence-electron chi connectivity index (χ1n) is 8.46. The summed E-state index contributed by atoms with van der Waals surface area (Å²) in [6, 6.07) is 7.92. The molecule has 1 aromatic carbocycles. The van der Waals surface area contributed by atoms with Gasteiger partial charge in [-0.1, -0.05) is 0 Å². The van der Waals surface area contributed by atoms with E-state index < -0.39 is 0 Å². The first kappa shape index (κ1) is 15.9. The van der Waals surface area contributed by atoms with Gasteiger partial charge in [0.25, 0.3) is 0 Å². The molecule has 0 amide bonds. The van der Waals surface area contributed by atoms with Gasteiger partial charge in [0.15, 0.2) is 5.65 Å². The van der Waals surface area contributed by atoms with Gasteiger partial charge in [-0.05, 0) is 43.7 Å². The van der Waals surface area contributed by atoms with Crippen molar-refractivity contribution in [1.82, 2.24) is 24.3 Å². The molecule has 0 radical (unpaired) electrons. The number of thiazole rings is 1. The van der Waals surface area contributed by atoms with Crippen molar-refractivity contribution in [2.45, 2.75) is 13.8 Å². The van der Waals surface area contributed by atoms with E-state index in [2.05, 4.69) is 37.3 Å². The van der Waals surface area contributed by atoms with Gasteiger partial charge >= 0.3 is 0 Å². The van der Waals surface area contributed by atoms with E-state index in [1.807, 2.05) is 31.3 Å². The van der Waals surface area contributed by atoms with E-state index in [1.165, 1.54) is 11.3 Å². The number of pyridine rings is 1. The molecule has 5 aromatic rings. The zero-order valence-corrected chi connectivity index (χ0v) is 15.6. The Bertz CT molecular complexity index is 1290. The second-order valence-corrected chi connectivity index (χ2v) is 7.10. The second kappa shape index (κ2) is 6.14. The van der Waals surface area contributed by atoms with Gasteiger partial charge < -0.3 is 4.74 Å². The van der Waals surface area contributed by atoms with Crippen molar-refractivity contribution >= 4 is 27.2 Å². The third kappa shape index (κ3) is 2.63. The summed E-state index contributed by atoms with van der Waals surface area (Å²) in [4.78, 5) is 17.5. The van der Waals surface area contributed by atoms with E-state index >= 15 is 0 Å². The van der Waals surface area contributed by atoms with E-state index in [-0.39, 0.29) is 0 Å². The molecule has 4 aromatic heterocycles. The summed E-state index contributed by atoms with van der Waals surface area (Å²) < 4.78 is 9.06. The number of rotatable bonds is 3. The van der Waals surface area contributed by atoms with Gasteiger partial charge in [0.2, 0.25) is 5.88 Å². The molecule has 4 heterocycles. The highest BCUT2D eigenvalue weighted by molar-refractivity contribution is 7.17. The lowest BCUT2D eigenvalue weighted by Crippen LogP contribution is -1.99. The lowest BCUT2D eigenvalue weighted by Gasteiger charge is -2.13. The topological polar surface area (TPSA) is 65.2 Å². The molecule has 27 heavy (non-hydrogen) atoms. The minimum absolute atomic E-state index is 0.580. The van der Waals surface area contributed by atoms with Crippen molar-refractivity contribution in [2.24, 2.45) is 0 Å². The van der Waals surface area contributed by atoms with Crippen LogP contribution >= 0.6 is 11.3 Å². The van der Waals surface area contributed by atoms with Gasteiger partial charge in [-0.3, -0.25) is 9.38 Å². The van der Waals surface area contributed by atoms with Crippen LogP contribution < -0.4 is 4.74 Å². The van der Waals surface area contributed by atoms with Crippen LogP contribution in [0.4, 0.5) is 0 Å². The standard InChI is InChI=1S/C20H15N5OS/c1-12-9-14(26-20-19-16(5-6-22-20)24-11-27-19)3-4-15(12)18-13(2)23-10-17-21-7-8-25(17)18/h3-11H,1-2H3. The van der Waals surface area contributed by atoms with Crippen LogP contribution in [-0.4, -0.2) is 24.3 Å². The van der Waals surface area contributed by atoms with Crippen LogP contribution in [0.3, 0.4) is 0 Å². The molecule has 0 bridgehead atoms. The van der Waals surface area contributed by atoms with E-state index in [0.29, 0.717) is 5.88 Å². The SMILES string of the molecule is Cc1cc(Oc2nccc3ncsc23)ccc1-c1c(C)ncc2nccn12. The predicted molar refractivity (Wildman–Crippen MR) is 105 cm³/mol. The van der Waals surface area contributed by atoms with Gasteiger partial charge in [0, 0.05) is 24.2 Å². The second-order valence-electron chi connectivity index (χ2n) is 6.24. The van der Waals surface area contributed by atoms with Gasteiger partial charge in [0.05, 0.1) is 28.6 Å².